The number of rotatable bonds is 11. The van der Waals surface area contributed by atoms with Crippen LogP contribution in [0.25, 0.3) is 34.7 Å². The van der Waals surface area contributed by atoms with Crippen LogP contribution in [0.5, 0.6) is 0 Å². The fourth-order valence-corrected chi connectivity index (χ4v) is 6.82. The van der Waals surface area contributed by atoms with E-state index in [0.29, 0.717) is 58.4 Å². The maximum atomic E-state index is 11.5. The van der Waals surface area contributed by atoms with Crippen LogP contribution in [0.3, 0.4) is 0 Å². The molecule has 0 aliphatic rings. The molecule has 0 saturated carbocycles. The van der Waals surface area contributed by atoms with Crippen LogP contribution in [0.2, 0.25) is 0 Å². The molecule has 0 radical (unpaired) electrons. The monoisotopic (exact) mass is 863 g/mol. The molecule has 21 nitrogen and oxygen atoms in total. The predicted molar refractivity (Wildman–Crippen MR) is 214 cm³/mol. The molecule has 0 fully saturated rings. The first-order valence-electron chi connectivity index (χ1n) is 17.3. The van der Waals surface area contributed by atoms with E-state index in [4.69, 9.17) is 20.3 Å². The lowest BCUT2D eigenvalue weighted by Crippen LogP contribution is -2.11. The predicted octanol–water partition coefficient (Wildman–Crippen LogP) is 2.19. The summed E-state index contributed by atoms with van der Waals surface area (Å²) in [5, 5.41) is 11.0. The van der Waals surface area contributed by atoms with Crippen LogP contribution in [0.4, 0.5) is 11.9 Å². The number of nitrogens with one attached hydrogen (secondary N) is 1. The Labute approximate surface area is 337 Å². The molecular weight excluding hydrogens is 827 g/mol. The number of nitrogens with zero attached hydrogens (tertiary/aromatic N) is 10. The third-order valence-corrected chi connectivity index (χ3v) is 11.1. The van der Waals surface area contributed by atoms with Crippen molar-refractivity contribution in [2.75, 3.05) is 42.9 Å². The molecule has 0 atom stereocenters. The van der Waals surface area contributed by atoms with Gasteiger partial charge in [0.05, 0.1) is 22.3 Å². The van der Waals surface area contributed by atoms with Gasteiger partial charge in [-0.2, -0.15) is 34.0 Å². The molecule has 6 heterocycles. The molecule has 0 saturated heterocycles. The molecule has 2 aromatic carbocycles. The van der Waals surface area contributed by atoms with Crippen LogP contribution in [0, 0.1) is 0 Å². The van der Waals surface area contributed by atoms with Gasteiger partial charge in [-0.3, -0.25) is 0 Å². The van der Waals surface area contributed by atoms with Gasteiger partial charge in [0.1, 0.15) is 6.33 Å². The second-order valence-corrected chi connectivity index (χ2v) is 18.6. The summed E-state index contributed by atoms with van der Waals surface area (Å²) in [6.07, 6.45) is 9.42. The summed E-state index contributed by atoms with van der Waals surface area (Å²) in [5.41, 5.74) is 13.1. The molecule has 24 heteroatoms. The fraction of sp³-hybridized carbons (Fsp3) is 0.200. The highest BCUT2D eigenvalue weighted by molar-refractivity contribution is 7.91. The first-order valence-corrected chi connectivity index (χ1v) is 22.9. The Morgan fingerprint density at radius 1 is 0.644 bits per heavy atom. The fourth-order valence-electron chi connectivity index (χ4n) is 5.05. The zero-order chi connectivity index (χ0) is 42.4. The summed E-state index contributed by atoms with van der Waals surface area (Å²) in [4.78, 5) is 25.1. The van der Waals surface area contributed by atoms with Crippen molar-refractivity contribution in [2.24, 2.45) is 5.73 Å². The maximum Gasteiger partial charge on any atom is 0.258 e. The molecule has 0 amide bonds. The number of furan rings is 2. The van der Waals surface area contributed by atoms with Crippen molar-refractivity contribution in [2.45, 2.75) is 27.8 Å². The van der Waals surface area contributed by atoms with Crippen molar-refractivity contribution in [3.05, 3.63) is 103 Å². The standard InChI is InChI=1S/C17H16N6O3S.C9H8N6O3S.C9H13NO2S/c1-27(24,25)13-6-4-12(5-7-13)8-9-18-16-19-11-23-17(21-16)20-15(22-23)14-3-2-10-26-14;1-19(16,17)9-12-7(10)15-8(13-9)11-6(14-15)5-3-2-4-18-5;1-13(11,12)9-4-2-8(3-5-9)6-7-10/h2-7,10-11H,8-9H2,1H3,(H,18,20,21,22);2-4H,1H3,(H2,10,11,12,13,14);2-5H,6-7,10H2,1H3. The third-order valence-electron chi connectivity index (χ3n) is 7.97. The zero-order valence-electron chi connectivity index (χ0n) is 31.6. The van der Waals surface area contributed by atoms with Gasteiger partial charge in [-0.1, -0.05) is 24.3 Å². The van der Waals surface area contributed by atoms with E-state index in [1.54, 1.807) is 79.1 Å². The molecule has 0 aliphatic heterocycles. The van der Waals surface area contributed by atoms with E-state index in [1.807, 2.05) is 0 Å². The Kier molecular flexibility index (Phi) is 12.4. The van der Waals surface area contributed by atoms with E-state index in [1.165, 1.54) is 29.6 Å². The summed E-state index contributed by atoms with van der Waals surface area (Å²) < 4.78 is 81.0. The first-order chi connectivity index (χ1) is 28.0. The van der Waals surface area contributed by atoms with Gasteiger partial charge in [0.25, 0.3) is 16.7 Å². The second-order valence-electron chi connectivity index (χ2n) is 12.6. The van der Waals surface area contributed by atoms with Crippen LogP contribution in [0.15, 0.2) is 115 Å². The van der Waals surface area contributed by atoms with Crippen LogP contribution in [-0.4, -0.2) is 106 Å². The molecule has 5 N–H and O–H groups in total. The van der Waals surface area contributed by atoms with Gasteiger partial charge in [-0.05, 0) is 79.0 Å². The molecule has 0 aliphatic carbocycles. The van der Waals surface area contributed by atoms with E-state index in [-0.39, 0.29) is 17.6 Å². The number of anilines is 2. The summed E-state index contributed by atoms with van der Waals surface area (Å²) in [7, 11) is -9.81. The molecule has 8 rings (SSSR count). The minimum Gasteiger partial charge on any atom is -0.461 e. The SMILES string of the molecule is CS(=O)(=O)c1ccc(CCN)cc1.CS(=O)(=O)c1ccc(CCNc2ncn3nc(-c4ccco4)nc3n2)cc1.CS(=O)(=O)c1nc(N)n2nc(-c3ccco3)nc2n1. The van der Waals surface area contributed by atoms with E-state index >= 15 is 0 Å². The smallest absolute Gasteiger partial charge is 0.258 e. The van der Waals surface area contributed by atoms with Crippen molar-refractivity contribution in [3.8, 4) is 23.2 Å². The van der Waals surface area contributed by atoms with Gasteiger partial charge in [0.15, 0.2) is 31.2 Å². The van der Waals surface area contributed by atoms with Crippen molar-refractivity contribution < 1.29 is 34.1 Å². The Morgan fingerprint density at radius 3 is 1.69 bits per heavy atom. The highest BCUT2D eigenvalue weighted by atomic mass is 32.2. The summed E-state index contributed by atoms with van der Waals surface area (Å²) in [5.74, 6) is 2.45. The highest BCUT2D eigenvalue weighted by Crippen LogP contribution is 2.19. The zero-order valence-corrected chi connectivity index (χ0v) is 34.1. The normalized spacial score (nSPS) is 11.8. The number of hydrogen-bond donors (Lipinski definition) is 3. The Bertz CT molecular complexity index is 3010. The summed E-state index contributed by atoms with van der Waals surface area (Å²) >= 11 is 0. The van der Waals surface area contributed by atoms with E-state index < -0.39 is 34.7 Å². The lowest BCUT2D eigenvalue weighted by molar-refractivity contribution is 0.577. The molecule has 59 heavy (non-hydrogen) atoms. The van der Waals surface area contributed by atoms with Gasteiger partial charge in [-0.15, -0.1) is 10.2 Å². The van der Waals surface area contributed by atoms with Crippen LogP contribution in [-0.2, 0) is 42.4 Å². The lowest BCUT2D eigenvalue weighted by atomic mass is 10.1. The molecule has 6 aromatic heterocycles. The first kappa shape index (κ1) is 42.0. The van der Waals surface area contributed by atoms with Crippen molar-refractivity contribution >= 4 is 53.0 Å². The van der Waals surface area contributed by atoms with E-state index in [0.717, 1.165) is 28.3 Å². The van der Waals surface area contributed by atoms with Crippen LogP contribution in [0.1, 0.15) is 11.1 Å². The summed E-state index contributed by atoms with van der Waals surface area (Å²) in [6.45, 7) is 1.17. The third kappa shape index (κ3) is 10.9. The van der Waals surface area contributed by atoms with Gasteiger partial charge in [0, 0.05) is 25.3 Å². The molecule has 0 unspecified atom stereocenters. The number of aromatic nitrogens is 10. The lowest BCUT2D eigenvalue weighted by Gasteiger charge is -2.05. The van der Waals surface area contributed by atoms with Gasteiger partial charge in [-0.25, -0.2) is 30.2 Å². The molecule has 0 spiro atoms. The van der Waals surface area contributed by atoms with E-state index in [9.17, 15) is 25.3 Å². The van der Waals surface area contributed by atoms with Gasteiger partial charge >= 0.3 is 0 Å². The molecular formula is C35H37N13O8S3. The number of benzene rings is 2. The van der Waals surface area contributed by atoms with Crippen LogP contribution >= 0.6 is 0 Å². The molecule has 0 bridgehead atoms. The van der Waals surface area contributed by atoms with Crippen molar-refractivity contribution in [1.82, 2.24) is 49.1 Å². The number of sulfone groups is 3. The van der Waals surface area contributed by atoms with E-state index in [2.05, 4.69) is 45.4 Å². The van der Waals surface area contributed by atoms with Gasteiger partial charge in [0.2, 0.25) is 33.4 Å². The minimum absolute atomic E-state index is 0.0410. The molecule has 308 valence electrons. The van der Waals surface area contributed by atoms with Crippen molar-refractivity contribution in [1.29, 1.82) is 0 Å². The maximum absolute atomic E-state index is 11.5. The van der Waals surface area contributed by atoms with Crippen molar-refractivity contribution in [3.63, 3.8) is 0 Å². The largest absolute Gasteiger partial charge is 0.461 e. The number of hydrogen-bond acceptors (Lipinski definition) is 19. The topological polar surface area (TPSA) is 305 Å². The molecule has 8 aromatic rings. The van der Waals surface area contributed by atoms with Crippen LogP contribution < -0.4 is 16.8 Å². The Morgan fingerprint density at radius 2 is 1.19 bits per heavy atom. The Hall–Kier alpha value is -6.63. The average molecular weight is 864 g/mol. The highest BCUT2D eigenvalue weighted by Gasteiger charge is 2.18. The minimum atomic E-state index is -3.57. The number of nitrogens with two attached hydrogens (primary N) is 2. The second kappa shape index (κ2) is 17.5. The van der Waals surface area contributed by atoms with Gasteiger partial charge < -0.3 is 25.6 Å². The number of fused-ring (bicyclic) bond motifs is 2. The Balaban J connectivity index is 0.000000160. The summed E-state index contributed by atoms with van der Waals surface area (Å²) in [6, 6.07) is 20.5. The quantitative estimate of drug-likeness (QED) is 0.168. The number of nitrogen functional groups attached to an aromatic ring is 1. The average Bonchev–Trinajstić information content (AvgIpc) is 4.02.